The van der Waals surface area contributed by atoms with Gasteiger partial charge in [-0.3, -0.25) is 0 Å². The van der Waals surface area contributed by atoms with Crippen LogP contribution in [0, 0.1) is 12.7 Å². The van der Waals surface area contributed by atoms with Crippen molar-refractivity contribution < 1.29 is 14.2 Å². The van der Waals surface area contributed by atoms with E-state index in [4.69, 9.17) is 4.74 Å². The molecule has 0 fully saturated rings. The lowest BCUT2D eigenvalue weighted by atomic mass is 9.90. The van der Waals surface area contributed by atoms with Crippen LogP contribution in [-0.4, -0.2) is 33.6 Å². The number of aliphatic hydroxyl groups is 1. The summed E-state index contributed by atoms with van der Waals surface area (Å²) in [6.07, 6.45) is 2.91. The molecule has 0 unspecified atom stereocenters. The van der Waals surface area contributed by atoms with Gasteiger partial charge in [0.25, 0.3) is 0 Å². The van der Waals surface area contributed by atoms with E-state index in [9.17, 15) is 9.50 Å². The number of ether oxygens (including phenoxy) is 1. The number of rotatable bonds is 5. The Kier molecular flexibility index (Phi) is 3.92. The Bertz CT molecular complexity index is 545. The molecule has 1 heterocycles. The Morgan fingerprint density at radius 1 is 1.47 bits per heavy atom. The molecule has 0 aliphatic rings. The Morgan fingerprint density at radius 3 is 2.84 bits per heavy atom. The number of aryl methyl sites for hydroxylation is 1. The fourth-order valence-electron chi connectivity index (χ4n) is 2.18. The van der Waals surface area contributed by atoms with Crippen molar-refractivity contribution in [2.75, 3.05) is 13.7 Å². The van der Waals surface area contributed by atoms with E-state index < -0.39 is 5.60 Å². The molecule has 1 aromatic heterocycles. The van der Waals surface area contributed by atoms with Gasteiger partial charge in [0.05, 0.1) is 13.2 Å². The van der Waals surface area contributed by atoms with Gasteiger partial charge in [0, 0.05) is 7.11 Å². The van der Waals surface area contributed by atoms with Gasteiger partial charge in [-0.15, -0.1) is 0 Å². The van der Waals surface area contributed by atoms with E-state index in [1.54, 1.807) is 13.0 Å². The summed E-state index contributed by atoms with van der Waals surface area (Å²) in [6.45, 7) is 2.02. The van der Waals surface area contributed by atoms with Gasteiger partial charge >= 0.3 is 0 Å². The van der Waals surface area contributed by atoms with Gasteiger partial charge in [-0.1, -0.05) is 6.07 Å². The molecule has 1 N–H and O–H groups in total. The van der Waals surface area contributed by atoms with E-state index in [0.717, 1.165) is 0 Å². The fraction of sp³-hybridized carbons (Fsp3) is 0.385. The van der Waals surface area contributed by atoms with Gasteiger partial charge < -0.3 is 9.84 Å². The molecule has 0 bridgehead atoms. The van der Waals surface area contributed by atoms with Crippen LogP contribution in [0.3, 0.4) is 0 Å². The second-order valence-electron chi connectivity index (χ2n) is 4.52. The molecular weight excluding hydrogens is 249 g/mol. The Labute approximate surface area is 110 Å². The first kappa shape index (κ1) is 13.6. The van der Waals surface area contributed by atoms with Gasteiger partial charge in [-0.05, 0) is 30.2 Å². The second kappa shape index (κ2) is 5.46. The third-order valence-electron chi connectivity index (χ3n) is 2.96. The standard InChI is InChI=1S/C13H16FN3O2/c1-10-5-11(14)3-4-12(10)13(18,7-19-2)6-17-9-15-8-16-17/h3-5,8-9,18H,6-7H2,1-2H3/t13-/m1/s1. The van der Waals surface area contributed by atoms with Crippen molar-refractivity contribution in [3.05, 3.63) is 47.8 Å². The van der Waals surface area contributed by atoms with Crippen molar-refractivity contribution in [3.63, 3.8) is 0 Å². The predicted octanol–water partition coefficient (Wildman–Crippen LogP) is 1.26. The van der Waals surface area contributed by atoms with Crippen LogP contribution in [0.5, 0.6) is 0 Å². The lowest BCUT2D eigenvalue weighted by Gasteiger charge is -2.29. The SMILES string of the molecule is COC[C@](O)(Cn1cncn1)c1ccc(F)cc1C. The number of benzene rings is 1. The summed E-state index contributed by atoms with van der Waals surface area (Å²) in [5.74, 6) is -0.332. The smallest absolute Gasteiger partial charge is 0.137 e. The molecule has 0 aliphatic carbocycles. The van der Waals surface area contributed by atoms with Gasteiger partial charge in [-0.25, -0.2) is 14.1 Å². The van der Waals surface area contributed by atoms with Crippen molar-refractivity contribution in [1.82, 2.24) is 14.8 Å². The maximum Gasteiger partial charge on any atom is 0.137 e. The molecule has 0 radical (unpaired) electrons. The van der Waals surface area contributed by atoms with E-state index in [-0.39, 0.29) is 19.0 Å². The molecule has 0 saturated heterocycles. The molecule has 2 rings (SSSR count). The molecule has 0 aliphatic heterocycles. The summed E-state index contributed by atoms with van der Waals surface area (Å²) in [6, 6.07) is 4.28. The van der Waals surface area contributed by atoms with E-state index in [0.29, 0.717) is 11.1 Å². The van der Waals surface area contributed by atoms with Crippen LogP contribution in [0.2, 0.25) is 0 Å². The summed E-state index contributed by atoms with van der Waals surface area (Å²) in [7, 11) is 1.51. The monoisotopic (exact) mass is 265 g/mol. The first-order valence-electron chi connectivity index (χ1n) is 5.85. The average molecular weight is 265 g/mol. The lowest BCUT2D eigenvalue weighted by Crippen LogP contribution is -2.37. The number of methoxy groups -OCH3 is 1. The maximum atomic E-state index is 13.2. The van der Waals surface area contributed by atoms with E-state index in [2.05, 4.69) is 10.1 Å². The third-order valence-corrected chi connectivity index (χ3v) is 2.96. The van der Waals surface area contributed by atoms with Crippen LogP contribution in [0.15, 0.2) is 30.9 Å². The van der Waals surface area contributed by atoms with E-state index in [1.165, 1.54) is 36.6 Å². The van der Waals surface area contributed by atoms with Crippen LogP contribution in [0.4, 0.5) is 4.39 Å². The molecule has 0 spiro atoms. The molecule has 0 saturated carbocycles. The highest BCUT2D eigenvalue weighted by molar-refractivity contribution is 5.32. The van der Waals surface area contributed by atoms with E-state index in [1.807, 2.05) is 0 Å². The van der Waals surface area contributed by atoms with Crippen LogP contribution < -0.4 is 0 Å². The van der Waals surface area contributed by atoms with Crippen LogP contribution >= 0.6 is 0 Å². The molecule has 102 valence electrons. The van der Waals surface area contributed by atoms with Gasteiger partial charge in [0.15, 0.2) is 0 Å². The highest BCUT2D eigenvalue weighted by Crippen LogP contribution is 2.27. The quantitative estimate of drug-likeness (QED) is 0.884. The molecule has 1 aromatic carbocycles. The van der Waals surface area contributed by atoms with Crippen LogP contribution in [-0.2, 0) is 16.9 Å². The zero-order valence-corrected chi connectivity index (χ0v) is 10.9. The number of halogens is 1. The highest BCUT2D eigenvalue weighted by atomic mass is 19.1. The fourth-order valence-corrected chi connectivity index (χ4v) is 2.18. The zero-order chi connectivity index (χ0) is 13.9. The molecule has 5 nitrogen and oxygen atoms in total. The molecule has 6 heteroatoms. The molecule has 19 heavy (non-hydrogen) atoms. The van der Waals surface area contributed by atoms with Gasteiger partial charge in [0.1, 0.15) is 24.1 Å². The highest BCUT2D eigenvalue weighted by Gasteiger charge is 2.32. The lowest BCUT2D eigenvalue weighted by molar-refractivity contribution is -0.0510. The number of hydrogen-bond acceptors (Lipinski definition) is 4. The molecule has 1 atom stereocenters. The van der Waals surface area contributed by atoms with Crippen molar-refractivity contribution in [1.29, 1.82) is 0 Å². The third kappa shape index (κ3) is 2.97. The van der Waals surface area contributed by atoms with Crippen molar-refractivity contribution in [3.8, 4) is 0 Å². The molecular formula is C13H16FN3O2. The first-order valence-corrected chi connectivity index (χ1v) is 5.85. The average Bonchev–Trinajstić information content (AvgIpc) is 2.81. The maximum absolute atomic E-state index is 13.2. The predicted molar refractivity (Wildman–Crippen MR) is 66.9 cm³/mol. The van der Waals surface area contributed by atoms with Gasteiger partial charge in [0.2, 0.25) is 0 Å². The largest absolute Gasteiger partial charge is 0.381 e. The topological polar surface area (TPSA) is 60.2 Å². The first-order chi connectivity index (χ1) is 9.05. The zero-order valence-electron chi connectivity index (χ0n) is 10.9. The number of nitrogens with zero attached hydrogens (tertiary/aromatic N) is 3. The van der Waals surface area contributed by atoms with Crippen LogP contribution in [0.25, 0.3) is 0 Å². The van der Waals surface area contributed by atoms with Crippen molar-refractivity contribution in [2.45, 2.75) is 19.1 Å². The van der Waals surface area contributed by atoms with Crippen molar-refractivity contribution >= 4 is 0 Å². The molecule has 2 aromatic rings. The molecule has 0 amide bonds. The van der Waals surface area contributed by atoms with E-state index >= 15 is 0 Å². The second-order valence-corrected chi connectivity index (χ2v) is 4.52. The Morgan fingerprint density at radius 2 is 2.26 bits per heavy atom. The number of aromatic nitrogens is 3. The summed E-state index contributed by atoms with van der Waals surface area (Å²) < 4.78 is 19.8. The summed E-state index contributed by atoms with van der Waals surface area (Å²) >= 11 is 0. The van der Waals surface area contributed by atoms with Gasteiger partial charge in [-0.2, -0.15) is 5.10 Å². The summed E-state index contributed by atoms with van der Waals surface area (Å²) in [5, 5.41) is 14.8. The number of hydrogen-bond donors (Lipinski definition) is 1. The van der Waals surface area contributed by atoms with Crippen molar-refractivity contribution in [2.24, 2.45) is 0 Å². The Balaban J connectivity index is 2.37. The minimum atomic E-state index is -1.28. The minimum absolute atomic E-state index is 0.0827. The summed E-state index contributed by atoms with van der Waals surface area (Å²) in [4.78, 5) is 3.84. The van der Waals surface area contributed by atoms with Crippen LogP contribution in [0.1, 0.15) is 11.1 Å². The normalized spacial score (nSPS) is 14.3. The Hall–Kier alpha value is -1.79. The summed E-state index contributed by atoms with van der Waals surface area (Å²) in [5.41, 5.74) is 0.00571. The minimum Gasteiger partial charge on any atom is -0.381 e.